The van der Waals surface area contributed by atoms with Crippen LogP contribution in [0.4, 0.5) is 5.95 Å². The van der Waals surface area contributed by atoms with Gasteiger partial charge in [-0.1, -0.05) is 11.8 Å². The van der Waals surface area contributed by atoms with Crippen LogP contribution in [0.2, 0.25) is 0 Å². The number of rotatable bonds is 2. The molecule has 0 saturated carbocycles. The molecule has 0 spiro atoms. The Bertz CT molecular complexity index is 673. The highest BCUT2D eigenvalue weighted by Gasteiger charge is 2.08. The van der Waals surface area contributed by atoms with Crippen LogP contribution in [0.5, 0.6) is 0 Å². The van der Waals surface area contributed by atoms with E-state index >= 15 is 0 Å². The molecule has 1 heterocycles. The Morgan fingerprint density at radius 3 is 2.75 bits per heavy atom. The number of carbonyl (C=O) groups is 1. The lowest BCUT2D eigenvalue weighted by molar-refractivity contribution is 0.102. The summed E-state index contributed by atoms with van der Waals surface area (Å²) < 4.78 is 0. The van der Waals surface area contributed by atoms with E-state index in [0.717, 1.165) is 11.1 Å². The van der Waals surface area contributed by atoms with Gasteiger partial charge in [-0.2, -0.15) is 0 Å². The molecule has 0 saturated heterocycles. The Labute approximate surface area is 116 Å². The van der Waals surface area contributed by atoms with Gasteiger partial charge in [0, 0.05) is 23.5 Å². The van der Waals surface area contributed by atoms with Crippen molar-refractivity contribution in [2.45, 2.75) is 6.92 Å². The third-order valence-corrected chi connectivity index (χ3v) is 2.58. The van der Waals surface area contributed by atoms with E-state index in [2.05, 4.69) is 27.1 Å². The summed E-state index contributed by atoms with van der Waals surface area (Å²) in [5, 5.41) is 11.3. The molecule has 0 aliphatic rings. The van der Waals surface area contributed by atoms with E-state index in [4.69, 9.17) is 5.11 Å². The molecule has 2 aromatic rings. The first kappa shape index (κ1) is 13.7. The summed E-state index contributed by atoms with van der Waals surface area (Å²) in [4.78, 5) is 19.9. The molecule has 2 N–H and O–H groups in total. The van der Waals surface area contributed by atoms with E-state index in [9.17, 15) is 4.79 Å². The van der Waals surface area contributed by atoms with Crippen LogP contribution >= 0.6 is 0 Å². The minimum Gasteiger partial charge on any atom is -0.384 e. The molecule has 1 aromatic carbocycles. The molecule has 0 radical (unpaired) electrons. The van der Waals surface area contributed by atoms with Gasteiger partial charge in [0.2, 0.25) is 5.95 Å². The van der Waals surface area contributed by atoms with E-state index in [1.807, 2.05) is 6.92 Å². The molecule has 100 valence electrons. The summed E-state index contributed by atoms with van der Waals surface area (Å²) in [7, 11) is 0. The summed E-state index contributed by atoms with van der Waals surface area (Å²) in [5.41, 5.74) is 2.16. The van der Waals surface area contributed by atoms with Gasteiger partial charge in [0.15, 0.2) is 0 Å². The van der Waals surface area contributed by atoms with Crippen molar-refractivity contribution in [1.82, 2.24) is 9.97 Å². The van der Waals surface area contributed by atoms with Gasteiger partial charge in [-0.15, -0.1) is 0 Å². The Balaban J connectivity index is 2.17. The second-order valence-electron chi connectivity index (χ2n) is 4.02. The van der Waals surface area contributed by atoms with Crippen LogP contribution in [0.3, 0.4) is 0 Å². The molecule has 0 fully saturated rings. The van der Waals surface area contributed by atoms with Crippen molar-refractivity contribution in [1.29, 1.82) is 0 Å². The number of hydrogen-bond donors (Lipinski definition) is 2. The molecule has 0 aliphatic carbocycles. The van der Waals surface area contributed by atoms with Crippen LogP contribution in [-0.4, -0.2) is 27.6 Å². The summed E-state index contributed by atoms with van der Waals surface area (Å²) >= 11 is 0. The first-order valence-electron chi connectivity index (χ1n) is 5.99. The van der Waals surface area contributed by atoms with Crippen molar-refractivity contribution < 1.29 is 9.90 Å². The van der Waals surface area contributed by atoms with Crippen LogP contribution in [0.15, 0.2) is 36.7 Å². The highest BCUT2D eigenvalue weighted by Crippen LogP contribution is 2.11. The van der Waals surface area contributed by atoms with Gasteiger partial charge in [0.1, 0.15) is 6.61 Å². The summed E-state index contributed by atoms with van der Waals surface area (Å²) in [6, 6.07) is 6.83. The van der Waals surface area contributed by atoms with Gasteiger partial charge in [-0.05, 0) is 36.8 Å². The number of benzene rings is 1. The first-order valence-corrected chi connectivity index (χ1v) is 5.99. The third-order valence-electron chi connectivity index (χ3n) is 2.58. The summed E-state index contributed by atoms with van der Waals surface area (Å²) in [5.74, 6) is 5.39. The monoisotopic (exact) mass is 267 g/mol. The highest BCUT2D eigenvalue weighted by molar-refractivity contribution is 6.03. The predicted octanol–water partition coefficient (Wildman–Crippen LogP) is 1.38. The number of aliphatic hydroxyl groups is 1. The van der Waals surface area contributed by atoms with Gasteiger partial charge in [-0.3, -0.25) is 10.1 Å². The number of carbonyl (C=O) groups excluding carboxylic acids is 1. The predicted molar refractivity (Wildman–Crippen MR) is 75.1 cm³/mol. The maximum atomic E-state index is 12.0. The molecule has 0 aliphatic heterocycles. The molecule has 0 unspecified atom stereocenters. The molecule has 0 atom stereocenters. The molecule has 2 rings (SSSR count). The average Bonchev–Trinajstić information content (AvgIpc) is 2.47. The number of amides is 1. The topological polar surface area (TPSA) is 75.1 Å². The minimum absolute atomic E-state index is 0.187. The van der Waals surface area contributed by atoms with Crippen molar-refractivity contribution in [2.75, 3.05) is 11.9 Å². The normalized spacial score (nSPS) is 9.50. The lowest BCUT2D eigenvalue weighted by Crippen LogP contribution is -2.14. The van der Waals surface area contributed by atoms with E-state index in [1.54, 1.807) is 36.7 Å². The van der Waals surface area contributed by atoms with Gasteiger partial charge in [0.05, 0.1) is 0 Å². The first-order chi connectivity index (χ1) is 9.70. The average molecular weight is 267 g/mol. The summed E-state index contributed by atoms with van der Waals surface area (Å²) in [6.45, 7) is 1.67. The van der Waals surface area contributed by atoms with Gasteiger partial charge in [0.25, 0.3) is 5.91 Å². The van der Waals surface area contributed by atoms with Crippen molar-refractivity contribution in [3.05, 3.63) is 53.3 Å². The largest absolute Gasteiger partial charge is 0.384 e. The molecule has 5 nitrogen and oxygen atoms in total. The quantitative estimate of drug-likeness (QED) is 0.806. The smallest absolute Gasteiger partial charge is 0.258 e. The van der Waals surface area contributed by atoms with Crippen molar-refractivity contribution in [3.63, 3.8) is 0 Å². The van der Waals surface area contributed by atoms with E-state index < -0.39 is 0 Å². The molecular formula is C15H13N3O2. The van der Waals surface area contributed by atoms with Crippen LogP contribution in [-0.2, 0) is 0 Å². The zero-order valence-electron chi connectivity index (χ0n) is 10.9. The maximum absolute atomic E-state index is 12.0. The standard InChI is InChI=1S/C15H13N3O2/c1-11-10-13(6-5-12(11)4-2-9-19)14(20)18-15-16-7-3-8-17-15/h3,5-8,10,19H,9H2,1H3,(H,16,17,18,20). The fourth-order valence-corrected chi connectivity index (χ4v) is 1.62. The molecular weight excluding hydrogens is 254 g/mol. The fraction of sp³-hybridized carbons (Fsp3) is 0.133. The van der Waals surface area contributed by atoms with E-state index in [0.29, 0.717) is 5.56 Å². The number of nitrogens with one attached hydrogen (secondary N) is 1. The minimum atomic E-state index is -0.277. The molecule has 0 bridgehead atoms. The lowest BCUT2D eigenvalue weighted by Gasteiger charge is -2.05. The maximum Gasteiger partial charge on any atom is 0.258 e. The number of aliphatic hydroxyl groups excluding tert-OH is 1. The SMILES string of the molecule is Cc1cc(C(=O)Nc2ncccn2)ccc1C#CCO. The van der Waals surface area contributed by atoms with Crippen molar-refractivity contribution in [3.8, 4) is 11.8 Å². The van der Waals surface area contributed by atoms with Gasteiger partial charge >= 0.3 is 0 Å². The Morgan fingerprint density at radius 2 is 2.10 bits per heavy atom. The zero-order chi connectivity index (χ0) is 14.4. The lowest BCUT2D eigenvalue weighted by atomic mass is 10.1. The Kier molecular flexibility index (Phi) is 4.43. The van der Waals surface area contributed by atoms with Crippen LogP contribution in [0.1, 0.15) is 21.5 Å². The fourth-order valence-electron chi connectivity index (χ4n) is 1.62. The number of hydrogen-bond acceptors (Lipinski definition) is 4. The van der Waals surface area contributed by atoms with E-state index in [1.165, 1.54) is 0 Å². The van der Waals surface area contributed by atoms with Crippen molar-refractivity contribution in [2.24, 2.45) is 0 Å². The Morgan fingerprint density at radius 1 is 1.35 bits per heavy atom. The molecule has 1 aromatic heterocycles. The van der Waals surface area contributed by atoms with E-state index in [-0.39, 0.29) is 18.5 Å². The zero-order valence-corrected chi connectivity index (χ0v) is 10.9. The Hall–Kier alpha value is -2.71. The van der Waals surface area contributed by atoms with Gasteiger partial charge < -0.3 is 5.11 Å². The molecule has 1 amide bonds. The number of nitrogens with zero attached hydrogens (tertiary/aromatic N) is 2. The number of anilines is 1. The number of aryl methyl sites for hydroxylation is 1. The third kappa shape index (κ3) is 3.40. The van der Waals surface area contributed by atoms with Crippen LogP contribution < -0.4 is 5.32 Å². The molecule has 20 heavy (non-hydrogen) atoms. The second-order valence-corrected chi connectivity index (χ2v) is 4.02. The highest BCUT2D eigenvalue weighted by atomic mass is 16.2. The van der Waals surface area contributed by atoms with Crippen LogP contribution in [0.25, 0.3) is 0 Å². The van der Waals surface area contributed by atoms with Crippen LogP contribution in [0, 0.1) is 18.8 Å². The molecule has 5 heteroatoms. The summed E-state index contributed by atoms with van der Waals surface area (Å²) in [6.07, 6.45) is 3.11. The van der Waals surface area contributed by atoms with Crippen molar-refractivity contribution >= 4 is 11.9 Å². The van der Waals surface area contributed by atoms with Gasteiger partial charge in [-0.25, -0.2) is 9.97 Å². The number of aromatic nitrogens is 2. The second kappa shape index (κ2) is 6.45.